The lowest BCUT2D eigenvalue weighted by Gasteiger charge is -2.09. The van der Waals surface area contributed by atoms with Gasteiger partial charge >= 0.3 is 6.18 Å². The van der Waals surface area contributed by atoms with Crippen LogP contribution in [0.4, 0.5) is 18.9 Å². The standard InChI is InChI=1S/C11H11BrF3NO/c1-7(12)6-10(17)16-9-4-2-8(3-5-9)11(13,14)15/h2-5,7H,6H2,1H3,(H,16,17). The van der Waals surface area contributed by atoms with E-state index in [1.54, 1.807) is 0 Å². The normalized spacial score (nSPS) is 13.2. The minimum Gasteiger partial charge on any atom is -0.326 e. The Morgan fingerprint density at radius 3 is 2.29 bits per heavy atom. The van der Waals surface area contributed by atoms with Gasteiger partial charge in [0.2, 0.25) is 5.91 Å². The number of nitrogens with one attached hydrogen (secondary N) is 1. The van der Waals surface area contributed by atoms with Gasteiger partial charge in [-0.15, -0.1) is 0 Å². The quantitative estimate of drug-likeness (QED) is 0.845. The molecule has 6 heteroatoms. The van der Waals surface area contributed by atoms with Crippen molar-refractivity contribution in [1.29, 1.82) is 0 Å². The van der Waals surface area contributed by atoms with Gasteiger partial charge in [0, 0.05) is 16.9 Å². The summed E-state index contributed by atoms with van der Waals surface area (Å²) in [7, 11) is 0. The average molecular weight is 310 g/mol. The molecule has 0 saturated heterocycles. The summed E-state index contributed by atoms with van der Waals surface area (Å²) in [6.45, 7) is 1.81. The van der Waals surface area contributed by atoms with E-state index in [2.05, 4.69) is 21.2 Å². The SMILES string of the molecule is CC(Br)CC(=O)Nc1ccc(C(F)(F)F)cc1. The second kappa shape index (κ2) is 5.53. The van der Waals surface area contributed by atoms with Crippen LogP contribution in [0.15, 0.2) is 24.3 Å². The highest BCUT2D eigenvalue weighted by Crippen LogP contribution is 2.29. The number of anilines is 1. The summed E-state index contributed by atoms with van der Waals surface area (Å²) < 4.78 is 36.8. The monoisotopic (exact) mass is 309 g/mol. The molecule has 0 heterocycles. The molecule has 1 aromatic rings. The molecule has 1 unspecified atom stereocenters. The van der Waals surface area contributed by atoms with E-state index < -0.39 is 11.7 Å². The number of carbonyl (C=O) groups excluding carboxylic acids is 1. The third-order valence-corrected chi connectivity index (χ3v) is 2.29. The summed E-state index contributed by atoms with van der Waals surface area (Å²) >= 11 is 3.22. The maximum atomic E-state index is 12.3. The summed E-state index contributed by atoms with van der Waals surface area (Å²) in [4.78, 5) is 11.4. The number of hydrogen-bond donors (Lipinski definition) is 1. The molecule has 1 N–H and O–H groups in total. The van der Waals surface area contributed by atoms with Crippen molar-refractivity contribution < 1.29 is 18.0 Å². The maximum Gasteiger partial charge on any atom is 0.416 e. The predicted molar refractivity (Wildman–Crippen MR) is 63.1 cm³/mol. The van der Waals surface area contributed by atoms with E-state index in [0.717, 1.165) is 12.1 Å². The van der Waals surface area contributed by atoms with E-state index in [0.29, 0.717) is 5.69 Å². The van der Waals surface area contributed by atoms with Gasteiger partial charge in [0.15, 0.2) is 0 Å². The third kappa shape index (κ3) is 4.77. The van der Waals surface area contributed by atoms with Crippen LogP contribution in [-0.4, -0.2) is 10.7 Å². The third-order valence-electron chi connectivity index (χ3n) is 1.96. The van der Waals surface area contributed by atoms with Crippen LogP contribution in [0.3, 0.4) is 0 Å². The first kappa shape index (κ1) is 14.0. The molecule has 0 spiro atoms. The first-order valence-electron chi connectivity index (χ1n) is 4.90. The zero-order valence-electron chi connectivity index (χ0n) is 9.01. The maximum absolute atomic E-state index is 12.3. The lowest BCUT2D eigenvalue weighted by Crippen LogP contribution is -2.15. The summed E-state index contributed by atoms with van der Waals surface area (Å²) in [5, 5.41) is 2.52. The van der Waals surface area contributed by atoms with E-state index in [1.807, 2.05) is 6.92 Å². The van der Waals surface area contributed by atoms with Crippen molar-refractivity contribution in [3.8, 4) is 0 Å². The van der Waals surface area contributed by atoms with Crippen molar-refractivity contribution in [2.75, 3.05) is 5.32 Å². The second-order valence-electron chi connectivity index (χ2n) is 3.61. The molecule has 0 radical (unpaired) electrons. The van der Waals surface area contributed by atoms with Crippen molar-refractivity contribution in [2.45, 2.75) is 24.3 Å². The largest absolute Gasteiger partial charge is 0.416 e. The van der Waals surface area contributed by atoms with Crippen LogP contribution >= 0.6 is 15.9 Å². The second-order valence-corrected chi connectivity index (χ2v) is 5.17. The Labute approximate surface area is 105 Å². The van der Waals surface area contributed by atoms with Crippen LogP contribution < -0.4 is 5.32 Å². The molecule has 0 bridgehead atoms. The van der Waals surface area contributed by atoms with Gasteiger partial charge in [0.25, 0.3) is 0 Å². The van der Waals surface area contributed by atoms with Crippen molar-refractivity contribution in [1.82, 2.24) is 0 Å². The Morgan fingerprint density at radius 2 is 1.88 bits per heavy atom. The molecular weight excluding hydrogens is 299 g/mol. The van der Waals surface area contributed by atoms with Gasteiger partial charge in [-0.05, 0) is 24.3 Å². The molecule has 0 fully saturated rings. The average Bonchev–Trinajstić information content (AvgIpc) is 2.15. The molecule has 0 aliphatic rings. The molecule has 2 nitrogen and oxygen atoms in total. The summed E-state index contributed by atoms with van der Waals surface area (Å²) in [5.74, 6) is -0.242. The van der Waals surface area contributed by atoms with Crippen molar-refractivity contribution in [3.63, 3.8) is 0 Å². The van der Waals surface area contributed by atoms with Gasteiger partial charge in [0.05, 0.1) is 5.56 Å². The molecular formula is C11H11BrF3NO. The van der Waals surface area contributed by atoms with Gasteiger partial charge in [0.1, 0.15) is 0 Å². The minimum atomic E-state index is -4.35. The van der Waals surface area contributed by atoms with E-state index in [4.69, 9.17) is 0 Å². The van der Waals surface area contributed by atoms with Gasteiger partial charge in [-0.1, -0.05) is 22.9 Å². The number of benzene rings is 1. The molecule has 1 amide bonds. The fourth-order valence-electron chi connectivity index (χ4n) is 1.21. The Kier molecular flexibility index (Phi) is 4.56. The van der Waals surface area contributed by atoms with Gasteiger partial charge < -0.3 is 5.32 Å². The first-order valence-corrected chi connectivity index (χ1v) is 5.82. The summed E-state index contributed by atoms with van der Waals surface area (Å²) in [6, 6.07) is 4.35. The van der Waals surface area contributed by atoms with Crippen LogP contribution in [-0.2, 0) is 11.0 Å². The Balaban J connectivity index is 2.66. The molecule has 1 rings (SSSR count). The number of halogens is 4. The van der Waals surface area contributed by atoms with Crippen LogP contribution in [0, 0.1) is 0 Å². The zero-order valence-corrected chi connectivity index (χ0v) is 10.6. The van der Waals surface area contributed by atoms with Crippen LogP contribution in [0.25, 0.3) is 0 Å². The molecule has 0 aromatic heterocycles. The highest BCUT2D eigenvalue weighted by molar-refractivity contribution is 9.09. The number of amides is 1. The van der Waals surface area contributed by atoms with Crippen molar-refractivity contribution >= 4 is 27.5 Å². The number of rotatable bonds is 3. The van der Waals surface area contributed by atoms with Crippen molar-refractivity contribution in [2.24, 2.45) is 0 Å². The number of alkyl halides is 4. The summed E-state index contributed by atoms with van der Waals surface area (Å²) in [6.07, 6.45) is -4.09. The summed E-state index contributed by atoms with van der Waals surface area (Å²) in [5.41, 5.74) is -0.375. The minimum absolute atomic E-state index is 0.0250. The fourth-order valence-corrected chi connectivity index (χ4v) is 1.50. The van der Waals surface area contributed by atoms with Crippen LogP contribution in [0.2, 0.25) is 0 Å². The molecule has 0 aliphatic carbocycles. The number of hydrogen-bond acceptors (Lipinski definition) is 1. The first-order chi connectivity index (χ1) is 7.79. The van der Waals surface area contributed by atoms with Crippen LogP contribution in [0.5, 0.6) is 0 Å². The fraction of sp³-hybridized carbons (Fsp3) is 0.364. The van der Waals surface area contributed by atoms with Gasteiger partial charge in [-0.3, -0.25) is 4.79 Å². The van der Waals surface area contributed by atoms with E-state index >= 15 is 0 Å². The topological polar surface area (TPSA) is 29.1 Å². The highest BCUT2D eigenvalue weighted by Gasteiger charge is 2.29. The van der Waals surface area contributed by atoms with Gasteiger partial charge in [-0.25, -0.2) is 0 Å². The zero-order chi connectivity index (χ0) is 13.1. The Morgan fingerprint density at radius 1 is 1.35 bits per heavy atom. The van der Waals surface area contributed by atoms with Crippen molar-refractivity contribution in [3.05, 3.63) is 29.8 Å². The molecule has 1 atom stereocenters. The lowest BCUT2D eigenvalue weighted by molar-refractivity contribution is -0.137. The smallest absolute Gasteiger partial charge is 0.326 e. The van der Waals surface area contributed by atoms with E-state index in [9.17, 15) is 18.0 Å². The molecule has 0 saturated carbocycles. The predicted octanol–water partition coefficient (Wildman–Crippen LogP) is 3.82. The van der Waals surface area contributed by atoms with Crippen LogP contribution in [0.1, 0.15) is 18.9 Å². The number of carbonyl (C=O) groups is 1. The lowest BCUT2D eigenvalue weighted by atomic mass is 10.2. The Hall–Kier alpha value is -1.04. The molecule has 1 aromatic carbocycles. The molecule has 17 heavy (non-hydrogen) atoms. The Bertz CT molecular complexity index is 387. The molecule has 94 valence electrons. The van der Waals surface area contributed by atoms with E-state index in [1.165, 1.54) is 12.1 Å². The van der Waals surface area contributed by atoms with Gasteiger partial charge in [-0.2, -0.15) is 13.2 Å². The van der Waals surface area contributed by atoms with E-state index in [-0.39, 0.29) is 17.2 Å². The molecule has 0 aliphatic heterocycles. The highest BCUT2D eigenvalue weighted by atomic mass is 79.9.